The van der Waals surface area contributed by atoms with Gasteiger partial charge in [-0.15, -0.1) is 0 Å². The molecule has 28 heavy (non-hydrogen) atoms. The maximum atomic E-state index is 12.9. The molecule has 1 aromatic heterocycles. The van der Waals surface area contributed by atoms with Crippen LogP contribution in [0.1, 0.15) is 85.2 Å². The molecule has 2 heterocycles. The normalized spacial score (nSPS) is 14.5. The maximum absolute atomic E-state index is 12.9. The minimum atomic E-state index is -0.275. The van der Waals surface area contributed by atoms with E-state index in [9.17, 15) is 9.59 Å². The zero-order chi connectivity index (χ0) is 20.3. The number of benzene rings is 1. The number of hydrogen-bond donors (Lipinski definition) is 2. The molecule has 3 rings (SSSR count). The summed E-state index contributed by atoms with van der Waals surface area (Å²) in [7, 11) is 0. The average molecular weight is 383 g/mol. The van der Waals surface area contributed by atoms with E-state index < -0.39 is 0 Å². The highest BCUT2D eigenvalue weighted by molar-refractivity contribution is 6.03. The number of fused-ring (bicyclic) bond motifs is 1. The Balaban J connectivity index is 1.84. The van der Waals surface area contributed by atoms with E-state index in [1.807, 2.05) is 42.7 Å². The van der Waals surface area contributed by atoms with Crippen LogP contribution in [0.4, 0.5) is 5.69 Å². The lowest BCUT2D eigenvalue weighted by atomic mass is 10.0. The third-order valence-electron chi connectivity index (χ3n) is 5.36. The van der Waals surface area contributed by atoms with E-state index in [1.165, 1.54) is 5.56 Å². The number of anilines is 1. The van der Waals surface area contributed by atoms with Crippen LogP contribution in [0.25, 0.3) is 0 Å². The van der Waals surface area contributed by atoms with Crippen LogP contribution in [0.3, 0.4) is 0 Å². The number of hydrogen-bond acceptors (Lipinski definition) is 3. The second-order valence-corrected chi connectivity index (χ2v) is 7.85. The molecular weight excluding hydrogens is 352 g/mol. The molecule has 0 radical (unpaired) electrons. The molecule has 2 aromatic rings. The van der Waals surface area contributed by atoms with Gasteiger partial charge in [0, 0.05) is 18.3 Å². The molecule has 6 nitrogen and oxygen atoms in total. The molecule has 2 N–H and O–H groups in total. The Labute approximate surface area is 166 Å². The van der Waals surface area contributed by atoms with E-state index in [0.29, 0.717) is 24.0 Å². The molecule has 0 saturated carbocycles. The second kappa shape index (κ2) is 8.59. The number of carbonyl (C=O) groups is 2. The quantitative estimate of drug-likeness (QED) is 0.789. The minimum absolute atomic E-state index is 0.0742. The molecule has 0 fully saturated rings. The van der Waals surface area contributed by atoms with Crippen LogP contribution in [0.2, 0.25) is 0 Å². The summed E-state index contributed by atoms with van der Waals surface area (Å²) in [6, 6.07) is 7.93. The monoisotopic (exact) mass is 382 g/mol. The Kier molecular flexibility index (Phi) is 6.17. The zero-order valence-electron chi connectivity index (χ0n) is 17.2. The number of carbonyl (C=O) groups excluding carboxylic acids is 2. The van der Waals surface area contributed by atoms with Crippen molar-refractivity contribution in [3.05, 3.63) is 47.0 Å². The van der Waals surface area contributed by atoms with E-state index in [-0.39, 0.29) is 17.9 Å². The number of nitrogens with one attached hydrogen (secondary N) is 2. The van der Waals surface area contributed by atoms with Crippen LogP contribution in [-0.2, 0) is 13.0 Å². The average Bonchev–Trinajstić information content (AvgIpc) is 3.08. The third kappa shape index (κ3) is 4.26. The number of aromatic nitrogens is 2. The van der Waals surface area contributed by atoms with Gasteiger partial charge in [0.1, 0.15) is 5.69 Å². The number of rotatable bonds is 6. The predicted molar refractivity (Wildman–Crippen MR) is 111 cm³/mol. The van der Waals surface area contributed by atoms with Crippen LogP contribution in [0.15, 0.2) is 24.3 Å². The standard InChI is InChI=1S/C22H30N4O2/c1-5-15(4)23-21(27)19-18-8-6-7-13-26(18)20(25-19)22(28)24-17-11-9-16(10-12-17)14(2)3/h9-12,14-15H,5-8,13H2,1-4H3,(H,23,27)(H,24,28). The summed E-state index contributed by atoms with van der Waals surface area (Å²) in [5.41, 5.74) is 3.21. The highest BCUT2D eigenvalue weighted by Crippen LogP contribution is 2.23. The molecule has 1 atom stereocenters. The number of imidazole rings is 1. The number of amides is 2. The van der Waals surface area contributed by atoms with Gasteiger partial charge in [-0.2, -0.15) is 0 Å². The van der Waals surface area contributed by atoms with Crippen molar-refractivity contribution < 1.29 is 9.59 Å². The zero-order valence-corrected chi connectivity index (χ0v) is 17.2. The first-order chi connectivity index (χ1) is 13.4. The van der Waals surface area contributed by atoms with Crippen molar-refractivity contribution in [2.24, 2.45) is 0 Å². The molecule has 0 spiro atoms. The van der Waals surface area contributed by atoms with Crippen LogP contribution < -0.4 is 10.6 Å². The Morgan fingerprint density at radius 1 is 1.11 bits per heavy atom. The van der Waals surface area contributed by atoms with Crippen molar-refractivity contribution in [2.75, 3.05) is 5.32 Å². The maximum Gasteiger partial charge on any atom is 0.291 e. The summed E-state index contributed by atoms with van der Waals surface area (Å²) < 4.78 is 1.91. The predicted octanol–water partition coefficient (Wildman–Crippen LogP) is 4.12. The first-order valence-corrected chi connectivity index (χ1v) is 10.2. The van der Waals surface area contributed by atoms with Gasteiger partial charge in [-0.05, 0) is 56.2 Å². The second-order valence-electron chi connectivity index (χ2n) is 7.85. The molecule has 6 heteroatoms. The van der Waals surface area contributed by atoms with Gasteiger partial charge >= 0.3 is 0 Å². The number of nitrogens with zero attached hydrogens (tertiary/aromatic N) is 2. The summed E-state index contributed by atoms with van der Waals surface area (Å²) in [6.07, 6.45) is 3.61. The first-order valence-electron chi connectivity index (χ1n) is 10.2. The molecule has 1 aliphatic rings. The SMILES string of the molecule is CCC(C)NC(=O)c1nc(C(=O)Nc2ccc(C(C)C)cc2)n2c1CCCC2. The van der Waals surface area contributed by atoms with Crippen LogP contribution in [-0.4, -0.2) is 27.4 Å². The van der Waals surface area contributed by atoms with Crippen LogP contribution in [0, 0.1) is 0 Å². The van der Waals surface area contributed by atoms with Gasteiger partial charge < -0.3 is 15.2 Å². The van der Waals surface area contributed by atoms with Gasteiger partial charge in [-0.3, -0.25) is 9.59 Å². The highest BCUT2D eigenvalue weighted by Gasteiger charge is 2.27. The van der Waals surface area contributed by atoms with Gasteiger partial charge in [0.2, 0.25) is 0 Å². The fraction of sp³-hybridized carbons (Fsp3) is 0.500. The van der Waals surface area contributed by atoms with Gasteiger partial charge in [0.05, 0.1) is 5.69 Å². The summed E-state index contributed by atoms with van der Waals surface area (Å²) >= 11 is 0. The fourth-order valence-electron chi connectivity index (χ4n) is 3.43. The molecule has 150 valence electrons. The van der Waals surface area contributed by atoms with E-state index in [0.717, 1.165) is 37.1 Å². The Morgan fingerprint density at radius 2 is 1.82 bits per heavy atom. The van der Waals surface area contributed by atoms with Gasteiger partial charge in [-0.1, -0.05) is 32.9 Å². The smallest absolute Gasteiger partial charge is 0.291 e. The topological polar surface area (TPSA) is 76.0 Å². The Bertz CT molecular complexity index is 852. The van der Waals surface area contributed by atoms with E-state index in [4.69, 9.17) is 0 Å². The third-order valence-corrected chi connectivity index (χ3v) is 5.36. The van der Waals surface area contributed by atoms with Crippen LogP contribution >= 0.6 is 0 Å². The van der Waals surface area contributed by atoms with Crippen molar-refractivity contribution in [1.29, 1.82) is 0 Å². The van der Waals surface area contributed by atoms with Gasteiger partial charge in [-0.25, -0.2) is 4.98 Å². The molecule has 1 aliphatic heterocycles. The summed E-state index contributed by atoms with van der Waals surface area (Å²) in [4.78, 5) is 30.0. The first kappa shape index (κ1) is 20.1. The lowest BCUT2D eigenvalue weighted by Crippen LogP contribution is -2.33. The van der Waals surface area contributed by atoms with Crippen LogP contribution in [0.5, 0.6) is 0 Å². The molecule has 0 bridgehead atoms. The minimum Gasteiger partial charge on any atom is -0.348 e. The molecular formula is C22H30N4O2. The molecule has 1 unspecified atom stereocenters. The van der Waals surface area contributed by atoms with Crippen molar-refractivity contribution in [3.63, 3.8) is 0 Å². The molecule has 0 saturated heterocycles. The Hall–Kier alpha value is -2.63. The summed E-state index contributed by atoms with van der Waals surface area (Å²) in [6.45, 7) is 8.98. The van der Waals surface area contributed by atoms with Gasteiger partial charge in [0.25, 0.3) is 11.8 Å². The summed E-state index contributed by atoms with van der Waals surface area (Å²) in [5, 5.41) is 5.89. The van der Waals surface area contributed by atoms with Crippen molar-refractivity contribution >= 4 is 17.5 Å². The largest absolute Gasteiger partial charge is 0.348 e. The molecule has 2 amide bonds. The summed E-state index contributed by atoms with van der Waals surface area (Å²) in [5.74, 6) is 0.288. The van der Waals surface area contributed by atoms with Crippen molar-refractivity contribution in [3.8, 4) is 0 Å². The van der Waals surface area contributed by atoms with E-state index in [2.05, 4.69) is 29.5 Å². The molecule has 1 aromatic carbocycles. The van der Waals surface area contributed by atoms with E-state index in [1.54, 1.807) is 0 Å². The van der Waals surface area contributed by atoms with E-state index >= 15 is 0 Å². The lowest BCUT2D eigenvalue weighted by molar-refractivity contribution is 0.0933. The lowest BCUT2D eigenvalue weighted by Gasteiger charge is -2.17. The molecule has 0 aliphatic carbocycles. The van der Waals surface area contributed by atoms with Gasteiger partial charge in [0.15, 0.2) is 5.82 Å². The fourth-order valence-corrected chi connectivity index (χ4v) is 3.43. The van der Waals surface area contributed by atoms with Crippen molar-refractivity contribution in [1.82, 2.24) is 14.9 Å². The van der Waals surface area contributed by atoms with Crippen molar-refractivity contribution in [2.45, 2.75) is 71.9 Å². The highest BCUT2D eigenvalue weighted by atomic mass is 16.2. The Morgan fingerprint density at radius 3 is 2.46 bits per heavy atom.